The maximum Gasteiger partial charge on any atom is 0.243 e. The topological polar surface area (TPSA) is 46.6 Å². The summed E-state index contributed by atoms with van der Waals surface area (Å²) < 4.78 is 34.1. The first-order chi connectivity index (χ1) is 12.2. The average Bonchev–Trinajstić information content (AvgIpc) is 3.48. The van der Waals surface area contributed by atoms with E-state index in [2.05, 4.69) is 0 Å². The van der Waals surface area contributed by atoms with Gasteiger partial charge in [0.1, 0.15) is 0 Å². The zero-order chi connectivity index (χ0) is 17.3. The highest BCUT2D eigenvalue weighted by Crippen LogP contribution is 2.37. The molecule has 2 fully saturated rings. The van der Waals surface area contributed by atoms with Crippen molar-refractivity contribution in [3.8, 4) is 11.1 Å². The molecule has 4 nitrogen and oxygen atoms in total. The van der Waals surface area contributed by atoms with Gasteiger partial charge < -0.3 is 4.74 Å². The molecule has 1 atom stereocenters. The summed E-state index contributed by atoms with van der Waals surface area (Å²) in [5.74, 6) is 0.638. The van der Waals surface area contributed by atoms with Crippen LogP contribution >= 0.6 is 0 Å². The van der Waals surface area contributed by atoms with Gasteiger partial charge >= 0.3 is 0 Å². The number of nitrogens with zero attached hydrogens (tertiary/aromatic N) is 1. The molecule has 0 aromatic heterocycles. The van der Waals surface area contributed by atoms with Crippen molar-refractivity contribution < 1.29 is 13.2 Å². The van der Waals surface area contributed by atoms with Crippen molar-refractivity contribution in [2.75, 3.05) is 19.7 Å². The van der Waals surface area contributed by atoms with Crippen LogP contribution in [0.4, 0.5) is 0 Å². The molecule has 0 N–H and O–H groups in total. The van der Waals surface area contributed by atoms with Crippen LogP contribution in [0.2, 0.25) is 0 Å². The van der Waals surface area contributed by atoms with Crippen molar-refractivity contribution in [2.24, 2.45) is 5.92 Å². The highest BCUT2D eigenvalue weighted by atomic mass is 32.2. The third-order valence-corrected chi connectivity index (χ3v) is 7.03. The Bertz CT molecular complexity index is 831. The molecule has 5 heteroatoms. The van der Waals surface area contributed by atoms with Crippen LogP contribution in [0, 0.1) is 5.92 Å². The molecule has 2 aromatic carbocycles. The molecule has 1 aliphatic heterocycles. The van der Waals surface area contributed by atoms with Crippen LogP contribution in [0.3, 0.4) is 0 Å². The average molecular weight is 357 g/mol. The van der Waals surface area contributed by atoms with Crippen LogP contribution in [-0.2, 0) is 14.8 Å². The molecule has 1 saturated heterocycles. The molecule has 1 saturated carbocycles. The lowest BCUT2D eigenvalue weighted by molar-refractivity contribution is 0.0483. The predicted molar refractivity (Wildman–Crippen MR) is 97.7 cm³/mol. The van der Waals surface area contributed by atoms with E-state index in [-0.39, 0.29) is 6.10 Å². The van der Waals surface area contributed by atoms with Crippen LogP contribution in [-0.4, -0.2) is 38.5 Å². The summed E-state index contributed by atoms with van der Waals surface area (Å²) in [6.07, 6.45) is 3.45. The molecule has 4 rings (SSSR count). The molecular formula is C20H23NO3S. The highest BCUT2D eigenvalue weighted by molar-refractivity contribution is 7.89. The van der Waals surface area contributed by atoms with Gasteiger partial charge in [-0.3, -0.25) is 0 Å². The molecule has 1 heterocycles. The van der Waals surface area contributed by atoms with E-state index >= 15 is 0 Å². The Morgan fingerprint density at radius 3 is 2.36 bits per heavy atom. The van der Waals surface area contributed by atoms with Crippen LogP contribution in [0.1, 0.15) is 19.3 Å². The Labute approximate surface area is 149 Å². The fraction of sp³-hybridized carbons (Fsp3) is 0.400. The van der Waals surface area contributed by atoms with Gasteiger partial charge in [0.05, 0.1) is 17.6 Å². The number of hydrogen-bond acceptors (Lipinski definition) is 3. The Morgan fingerprint density at radius 2 is 1.60 bits per heavy atom. The van der Waals surface area contributed by atoms with Crippen molar-refractivity contribution in [1.29, 1.82) is 0 Å². The number of hydrogen-bond donors (Lipinski definition) is 0. The van der Waals surface area contributed by atoms with Gasteiger partial charge in [0.2, 0.25) is 10.0 Å². The molecule has 2 aromatic rings. The summed E-state index contributed by atoms with van der Waals surface area (Å²) in [4.78, 5) is 0.381. The van der Waals surface area contributed by atoms with Gasteiger partial charge in [0, 0.05) is 18.7 Å². The number of benzene rings is 2. The fourth-order valence-electron chi connectivity index (χ4n) is 3.54. The lowest BCUT2D eigenvalue weighted by Crippen LogP contribution is -2.33. The first-order valence-electron chi connectivity index (χ1n) is 8.92. The lowest BCUT2D eigenvalue weighted by Gasteiger charge is -2.21. The number of rotatable bonds is 4. The summed E-state index contributed by atoms with van der Waals surface area (Å²) in [5.41, 5.74) is 1.68. The van der Waals surface area contributed by atoms with Gasteiger partial charge in [-0.1, -0.05) is 48.5 Å². The van der Waals surface area contributed by atoms with Crippen molar-refractivity contribution >= 4 is 10.0 Å². The third-order valence-electron chi connectivity index (χ3n) is 5.07. The third kappa shape index (κ3) is 3.50. The second-order valence-electron chi connectivity index (χ2n) is 6.80. The SMILES string of the molecule is O=S(=O)(c1ccccc1-c1ccccc1)N1CCOC(C2CC2)CC1. The van der Waals surface area contributed by atoms with E-state index in [9.17, 15) is 8.42 Å². The fourth-order valence-corrected chi connectivity index (χ4v) is 5.19. The number of sulfonamides is 1. The molecule has 2 aliphatic rings. The Kier molecular flexibility index (Phi) is 4.63. The van der Waals surface area contributed by atoms with E-state index in [1.807, 2.05) is 42.5 Å². The molecule has 1 unspecified atom stereocenters. The largest absolute Gasteiger partial charge is 0.377 e. The zero-order valence-corrected chi connectivity index (χ0v) is 15.0. The molecular weight excluding hydrogens is 334 g/mol. The standard InChI is InChI=1S/C20H23NO3S/c22-25(23,21-13-12-19(17-10-11-17)24-15-14-21)20-9-5-4-8-18(20)16-6-2-1-3-7-16/h1-9,17,19H,10-15H2. The summed E-state index contributed by atoms with van der Waals surface area (Å²) in [6, 6.07) is 17.0. The Morgan fingerprint density at radius 1 is 0.880 bits per heavy atom. The molecule has 1 aliphatic carbocycles. The van der Waals surface area contributed by atoms with Crippen LogP contribution in [0.5, 0.6) is 0 Å². The monoisotopic (exact) mass is 357 g/mol. The van der Waals surface area contributed by atoms with E-state index in [1.165, 1.54) is 12.8 Å². The van der Waals surface area contributed by atoms with Crippen molar-refractivity contribution in [3.63, 3.8) is 0 Å². The van der Waals surface area contributed by atoms with Crippen molar-refractivity contribution in [2.45, 2.75) is 30.3 Å². The van der Waals surface area contributed by atoms with E-state index in [4.69, 9.17) is 4.74 Å². The van der Waals surface area contributed by atoms with E-state index in [0.29, 0.717) is 30.5 Å². The van der Waals surface area contributed by atoms with E-state index < -0.39 is 10.0 Å². The minimum absolute atomic E-state index is 0.226. The van der Waals surface area contributed by atoms with Gasteiger partial charge in [0.15, 0.2) is 0 Å². The quantitative estimate of drug-likeness (QED) is 0.841. The van der Waals surface area contributed by atoms with Crippen LogP contribution in [0.15, 0.2) is 59.5 Å². The summed E-state index contributed by atoms with van der Waals surface area (Å²) in [5, 5.41) is 0. The second kappa shape index (κ2) is 6.90. The minimum atomic E-state index is -3.54. The van der Waals surface area contributed by atoms with E-state index in [0.717, 1.165) is 17.5 Å². The van der Waals surface area contributed by atoms with Crippen LogP contribution in [0.25, 0.3) is 11.1 Å². The molecule has 0 radical (unpaired) electrons. The smallest absolute Gasteiger partial charge is 0.243 e. The maximum absolute atomic E-state index is 13.3. The molecule has 0 bridgehead atoms. The zero-order valence-electron chi connectivity index (χ0n) is 14.2. The Balaban J connectivity index is 1.64. The first-order valence-corrected chi connectivity index (χ1v) is 10.4. The first kappa shape index (κ1) is 16.8. The predicted octanol–water partition coefficient (Wildman–Crippen LogP) is 3.54. The summed E-state index contributed by atoms with van der Waals surface area (Å²) in [7, 11) is -3.54. The van der Waals surface area contributed by atoms with Gasteiger partial charge in [-0.05, 0) is 36.8 Å². The molecule has 132 valence electrons. The van der Waals surface area contributed by atoms with Crippen LogP contribution < -0.4 is 0 Å². The second-order valence-corrected chi connectivity index (χ2v) is 8.71. The minimum Gasteiger partial charge on any atom is -0.377 e. The lowest BCUT2D eigenvalue weighted by atomic mass is 10.1. The summed E-state index contributed by atoms with van der Waals surface area (Å²) in [6.45, 7) is 1.44. The normalized spacial score (nSPS) is 22.5. The maximum atomic E-state index is 13.3. The summed E-state index contributed by atoms with van der Waals surface area (Å²) >= 11 is 0. The Hall–Kier alpha value is -1.69. The number of ether oxygens (including phenoxy) is 1. The molecule has 0 spiro atoms. The molecule has 25 heavy (non-hydrogen) atoms. The van der Waals surface area contributed by atoms with Gasteiger partial charge in [0.25, 0.3) is 0 Å². The van der Waals surface area contributed by atoms with E-state index in [1.54, 1.807) is 16.4 Å². The van der Waals surface area contributed by atoms with Gasteiger partial charge in [-0.25, -0.2) is 8.42 Å². The van der Waals surface area contributed by atoms with Crippen molar-refractivity contribution in [1.82, 2.24) is 4.31 Å². The van der Waals surface area contributed by atoms with Gasteiger partial charge in [-0.15, -0.1) is 0 Å². The van der Waals surface area contributed by atoms with Gasteiger partial charge in [-0.2, -0.15) is 4.31 Å². The molecule has 0 amide bonds. The highest BCUT2D eigenvalue weighted by Gasteiger charge is 2.36. The van der Waals surface area contributed by atoms with Crippen molar-refractivity contribution in [3.05, 3.63) is 54.6 Å².